The van der Waals surface area contributed by atoms with Gasteiger partial charge in [0.05, 0.1) is 6.20 Å². The van der Waals surface area contributed by atoms with Crippen LogP contribution in [0.1, 0.15) is 0 Å². The van der Waals surface area contributed by atoms with Crippen LogP contribution in [0.25, 0.3) is 0 Å². The van der Waals surface area contributed by atoms with E-state index >= 15 is 0 Å². The number of nitrogens with zero attached hydrogens (tertiary/aromatic N) is 2. The Bertz CT molecular complexity index is 325. The van der Waals surface area contributed by atoms with Gasteiger partial charge in [-0.2, -0.15) is 13.2 Å². The van der Waals surface area contributed by atoms with E-state index in [0.717, 1.165) is 17.2 Å². The summed E-state index contributed by atoms with van der Waals surface area (Å²) >= 11 is 3.06. The van der Waals surface area contributed by atoms with E-state index in [4.69, 9.17) is 0 Å². The normalized spacial score (nSPS) is 11.6. The van der Waals surface area contributed by atoms with E-state index in [9.17, 15) is 17.6 Å². The Balaban J connectivity index is 2.80. The van der Waals surface area contributed by atoms with Crippen LogP contribution in [0.3, 0.4) is 0 Å². The molecule has 0 aliphatic heterocycles. The van der Waals surface area contributed by atoms with Gasteiger partial charge in [0.2, 0.25) is 0 Å². The molecule has 90 valence electrons. The summed E-state index contributed by atoms with van der Waals surface area (Å²) in [5, 5.41) is 0.377. The highest BCUT2D eigenvalue weighted by atomic mass is 79.9. The molecule has 0 bridgehead atoms. The third-order valence-electron chi connectivity index (χ3n) is 1.76. The summed E-state index contributed by atoms with van der Waals surface area (Å²) in [5.74, 6) is -0.465. The molecule has 0 aliphatic carbocycles. The summed E-state index contributed by atoms with van der Waals surface area (Å²) in [4.78, 5) is 4.65. The Kier molecular flexibility index (Phi) is 4.52. The van der Waals surface area contributed by atoms with Crippen molar-refractivity contribution < 1.29 is 17.6 Å². The van der Waals surface area contributed by atoms with Crippen LogP contribution in [-0.4, -0.2) is 29.6 Å². The quantitative estimate of drug-likeness (QED) is 0.628. The van der Waals surface area contributed by atoms with Crippen molar-refractivity contribution in [2.75, 3.05) is 23.3 Å². The second kappa shape index (κ2) is 5.47. The van der Waals surface area contributed by atoms with Gasteiger partial charge >= 0.3 is 6.18 Å². The van der Waals surface area contributed by atoms with Gasteiger partial charge in [0.25, 0.3) is 0 Å². The number of pyridine rings is 1. The van der Waals surface area contributed by atoms with Gasteiger partial charge in [0.15, 0.2) is 0 Å². The van der Waals surface area contributed by atoms with Crippen molar-refractivity contribution in [2.45, 2.75) is 6.18 Å². The highest BCUT2D eigenvalue weighted by Crippen LogP contribution is 2.20. The minimum absolute atomic E-state index is 0.109. The standard InChI is InChI=1S/C9H9BrF4N2/c10-3-4-16(6-9(12,13)14)8-2-1-7(11)5-15-8/h1-2,5H,3-4,6H2. The molecule has 1 heterocycles. The lowest BCUT2D eigenvalue weighted by molar-refractivity contribution is -0.119. The molecule has 0 aromatic carbocycles. The van der Waals surface area contributed by atoms with Crippen molar-refractivity contribution in [1.82, 2.24) is 4.98 Å². The van der Waals surface area contributed by atoms with Gasteiger partial charge in [-0.25, -0.2) is 9.37 Å². The monoisotopic (exact) mass is 300 g/mol. The first-order valence-electron chi connectivity index (χ1n) is 4.41. The van der Waals surface area contributed by atoms with Gasteiger partial charge in [-0.15, -0.1) is 0 Å². The first-order valence-corrected chi connectivity index (χ1v) is 5.54. The summed E-state index contributed by atoms with van der Waals surface area (Å²) in [6, 6.07) is 2.31. The van der Waals surface area contributed by atoms with Crippen LogP contribution in [0.15, 0.2) is 18.3 Å². The van der Waals surface area contributed by atoms with E-state index in [2.05, 4.69) is 20.9 Å². The zero-order valence-corrected chi connectivity index (χ0v) is 9.72. The van der Waals surface area contributed by atoms with Crippen LogP contribution < -0.4 is 4.90 Å². The number of rotatable bonds is 4. The first kappa shape index (κ1) is 13.2. The molecule has 1 aromatic heterocycles. The molecular formula is C9H9BrF4N2. The lowest BCUT2D eigenvalue weighted by Gasteiger charge is -2.23. The predicted molar refractivity (Wildman–Crippen MR) is 56.3 cm³/mol. The van der Waals surface area contributed by atoms with E-state index in [1.165, 1.54) is 6.07 Å². The largest absolute Gasteiger partial charge is 0.405 e. The smallest absolute Gasteiger partial charge is 0.347 e. The van der Waals surface area contributed by atoms with Gasteiger partial charge < -0.3 is 4.90 Å². The van der Waals surface area contributed by atoms with E-state index in [1.54, 1.807) is 0 Å². The minimum Gasteiger partial charge on any atom is -0.347 e. The fourth-order valence-corrected chi connectivity index (χ4v) is 1.58. The summed E-state index contributed by atoms with van der Waals surface area (Å²) in [6.45, 7) is -0.949. The Hall–Kier alpha value is -0.850. The molecule has 16 heavy (non-hydrogen) atoms. The fraction of sp³-hybridized carbons (Fsp3) is 0.444. The maximum atomic E-state index is 12.6. The molecule has 0 radical (unpaired) electrons. The van der Waals surface area contributed by atoms with Crippen LogP contribution in [0.2, 0.25) is 0 Å². The lowest BCUT2D eigenvalue weighted by Crippen LogP contribution is -2.36. The average molecular weight is 301 g/mol. The molecule has 0 N–H and O–H groups in total. The van der Waals surface area contributed by atoms with Gasteiger partial charge in [-0.1, -0.05) is 15.9 Å². The van der Waals surface area contributed by atoms with Crippen molar-refractivity contribution in [2.24, 2.45) is 0 Å². The van der Waals surface area contributed by atoms with Gasteiger partial charge in [0.1, 0.15) is 18.2 Å². The molecule has 0 aliphatic rings. The molecule has 7 heteroatoms. The summed E-state index contributed by atoms with van der Waals surface area (Å²) in [5.41, 5.74) is 0. The molecule has 0 amide bonds. The number of halogens is 5. The molecule has 0 spiro atoms. The second-order valence-corrected chi connectivity index (χ2v) is 3.85. The molecule has 1 aromatic rings. The van der Waals surface area contributed by atoms with Crippen molar-refractivity contribution >= 4 is 21.7 Å². The second-order valence-electron chi connectivity index (χ2n) is 3.06. The molecular weight excluding hydrogens is 292 g/mol. The Morgan fingerprint density at radius 1 is 1.31 bits per heavy atom. The zero-order valence-electron chi connectivity index (χ0n) is 8.14. The van der Waals surface area contributed by atoms with Crippen LogP contribution in [0, 0.1) is 5.82 Å². The summed E-state index contributed by atoms with van der Waals surface area (Å²) < 4.78 is 49.3. The Morgan fingerprint density at radius 2 is 2.00 bits per heavy atom. The number of aromatic nitrogens is 1. The Labute approximate surface area is 98.4 Å². The average Bonchev–Trinajstić information content (AvgIpc) is 2.16. The molecule has 0 unspecified atom stereocenters. The molecule has 0 fully saturated rings. The van der Waals surface area contributed by atoms with Gasteiger partial charge in [-0.05, 0) is 12.1 Å². The van der Waals surface area contributed by atoms with Crippen molar-refractivity contribution in [3.05, 3.63) is 24.1 Å². The minimum atomic E-state index is -4.31. The topological polar surface area (TPSA) is 16.1 Å². The highest BCUT2D eigenvalue weighted by molar-refractivity contribution is 9.09. The van der Waals surface area contributed by atoms with Gasteiger partial charge in [0, 0.05) is 11.9 Å². The third kappa shape index (κ3) is 4.34. The van der Waals surface area contributed by atoms with Crippen molar-refractivity contribution in [1.29, 1.82) is 0 Å². The summed E-state index contributed by atoms with van der Waals surface area (Å²) in [7, 11) is 0. The van der Waals surface area contributed by atoms with Crippen LogP contribution in [0.4, 0.5) is 23.4 Å². The van der Waals surface area contributed by atoms with Crippen LogP contribution in [0.5, 0.6) is 0 Å². The SMILES string of the molecule is Fc1ccc(N(CCBr)CC(F)(F)F)nc1. The lowest BCUT2D eigenvalue weighted by atomic mass is 10.4. The fourth-order valence-electron chi connectivity index (χ4n) is 1.15. The zero-order chi connectivity index (χ0) is 12.2. The molecule has 1 rings (SSSR count). The third-order valence-corrected chi connectivity index (χ3v) is 2.11. The number of hydrogen-bond donors (Lipinski definition) is 0. The molecule has 0 saturated heterocycles. The van der Waals surface area contributed by atoms with E-state index in [0.29, 0.717) is 5.33 Å². The van der Waals surface area contributed by atoms with E-state index in [-0.39, 0.29) is 12.4 Å². The highest BCUT2D eigenvalue weighted by Gasteiger charge is 2.31. The van der Waals surface area contributed by atoms with E-state index in [1.807, 2.05) is 0 Å². The molecule has 2 nitrogen and oxygen atoms in total. The predicted octanol–water partition coefficient (Wildman–Crippen LogP) is 2.98. The summed E-state index contributed by atoms with van der Waals surface area (Å²) in [6.07, 6.45) is -3.41. The van der Waals surface area contributed by atoms with Gasteiger partial charge in [-0.3, -0.25) is 0 Å². The maximum Gasteiger partial charge on any atom is 0.405 e. The molecule has 0 saturated carbocycles. The maximum absolute atomic E-state index is 12.6. The van der Waals surface area contributed by atoms with E-state index < -0.39 is 18.5 Å². The Morgan fingerprint density at radius 3 is 2.44 bits per heavy atom. The number of anilines is 1. The van der Waals surface area contributed by atoms with Crippen LogP contribution in [-0.2, 0) is 0 Å². The first-order chi connectivity index (χ1) is 7.42. The number of hydrogen-bond acceptors (Lipinski definition) is 2. The van der Waals surface area contributed by atoms with Crippen LogP contribution >= 0.6 is 15.9 Å². The van der Waals surface area contributed by atoms with Crippen molar-refractivity contribution in [3.8, 4) is 0 Å². The van der Waals surface area contributed by atoms with Crippen molar-refractivity contribution in [3.63, 3.8) is 0 Å². The molecule has 0 atom stereocenters. The number of alkyl halides is 4.